The number of hydrogen-bond acceptors (Lipinski definition) is 3. The van der Waals surface area contributed by atoms with Gasteiger partial charge in [-0.15, -0.1) is 0 Å². The monoisotopic (exact) mass is 253 g/mol. The Bertz CT molecular complexity index is 408. The summed E-state index contributed by atoms with van der Waals surface area (Å²) in [6.45, 7) is 4.42. The van der Waals surface area contributed by atoms with Crippen LogP contribution in [0.15, 0.2) is 18.2 Å². The van der Waals surface area contributed by atoms with Crippen molar-refractivity contribution in [2.75, 3.05) is 24.6 Å². The predicted molar refractivity (Wildman–Crippen MR) is 69.1 cm³/mol. The van der Waals surface area contributed by atoms with Crippen molar-refractivity contribution in [2.24, 2.45) is 0 Å². The van der Waals surface area contributed by atoms with E-state index in [2.05, 4.69) is 11.8 Å². The Morgan fingerprint density at radius 2 is 2.41 bits per heavy atom. The van der Waals surface area contributed by atoms with Crippen LogP contribution in [0.25, 0.3) is 0 Å². The van der Waals surface area contributed by atoms with Gasteiger partial charge in [-0.05, 0) is 24.6 Å². The van der Waals surface area contributed by atoms with Crippen molar-refractivity contribution in [3.63, 3.8) is 0 Å². The van der Waals surface area contributed by atoms with Gasteiger partial charge < -0.3 is 9.64 Å². The van der Waals surface area contributed by atoms with Gasteiger partial charge >= 0.3 is 0 Å². The van der Waals surface area contributed by atoms with Gasteiger partial charge in [0.1, 0.15) is 0 Å². The summed E-state index contributed by atoms with van der Waals surface area (Å²) in [4.78, 5) is 13.2. The van der Waals surface area contributed by atoms with Gasteiger partial charge in [0.05, 0.1) is 12.7 Å². The van der Waals surface area contributed by atoms with Gasteiger partial charge in [0.25, 0.3) is 0 Å². The van der Waals surface area contributed by atoms with E-state index in [-0.39, 0.29) is 6.10 Å². The summed E-state index contributed by atoms with van der Waals surface area (Å²) in [5, 5.41) is 0.658. The van der Waals surface area contributed by atoms with Gasteiger partial charge in [0.15, 0.2) is 6.29 Å². The Balaban J connectivity index is 2.25. The first-order valence-corrected chi connectivity index (χ1v) is 6.23. The SMILES string of the molecule is CCC1CN(c2cc(Cl)ccc2C=O)CCO1. The number of aldehydes is 1. The highest BCUT2D eigenvalue weighted by atomic mass is 35.5. The minimum atomic E-state index is 0.238. The van der Waals surface area contributed by atoms with Crippen LogP contribution < -0.4 is 4.90 Å². The molecular weight excluding hydrogens is 238 g/mol. The summed E-state index contributed by atoms with van der Waals surface area (Å²) in [7, 11) is 0. The van der Waals surface area contributed by atoms with E-state index in [0.29, 0.717) is 17.2 Å². The average molecular weight is 254 g/mol. The Labute approximate surface area is 106 Å². The summed E-state index contributed by atoms with van der Waals surface area (Å²) < 4.78 is 5.62. The van der Waals surface area contributed by atoms with Crippen LogP contribution in [0.4, 0.5) is 5.69 Å². The van der Waals surface area contributed by atoms with E-state index in [4.69, 9.17) is 16.3 Å². The molecular formula is C13H16ClNO2. The fourth-order valence-corrected chi connectivity index (χ4v) is 2.24. The number of carbonyl (C=O) groups is 1. The van der Waals surface area contributed by atoms with E-state index in [9.17, 15) is 4.79 Å². The molecule has 2 rings (SSSR count). The molecule has 1 aliphatic heterocycles. The molecule has 1 fully saturated rings. The van der Waals surface area contributed by atoms with E-state index in [0.717, 1.165) is 31.5 Å². The molecule has 0 saturated carbocycles. The zero-order valence-electron chi connectivity index (χ0n) is 9.86. The number of carbonyl (C=O) groups excluding carboxylic acids is 1. The van der Waals surface area contributed by atoms with Crippen molar-refractivity contribution in [1.29, 1.82) is 0 Å². The first-order chi connectivity index (χ1) is 8.24. The third-order valence-corrected chi connectivity index (χ3v) is 3.29. The van der Waals surface area contributed by atoms with Crippen molar-refractivity contribution in [3.8, 4) is 0 Å². The molecule has 0 spiro atoms. The number of halogens is 1. The maximum Gasteiger partial charge on any atom is 0.152 e. The lowest BCUT2D eigenvalue weighted by atomic mass is 10.1. The molecule has 1 aromatic carbocycles. The number of benzene rings is 1. The van der Waals surface area contributed by atoms with Gasteiger partial charge in [-0.3, -0.25) is 4.79 Å². The second-order valence-corrected chi connectivity index (χ2v) is 4.60. The van der Waals surface area contributed by atoms with Crippen molar-refractivity contribution in [1.82, 2.24) is 0 Å². The standard InChI is InChI=1S/C13H16ClNO2/c1-2-12-8-15(5-6-17-12)13-7-11(14)4-3-10(13)9-16/h3-4,7,9,12H,2,5-6,8H2,1H3. The lowest BCUT2D eigenvalue weighted by Crippen LogP contribution is -2.42. The maximum absolute atomic E-state index is 11.0. The number of morpholine rings is 1. The smallest absolute Gasteiger partial charge is 0.152 e. The van der Waals surface area contributed by atoms with E-state index in [1.807, 2.05) is 6.07 Å². The van der Waals surface area contributed by atoms with Gasteiger partial charge in [0.2, 0.25) is 0 Å². The first kappa shape index (κ1) is 12.4. The summed E-state index contributed by atoms with van der Waals surface area (Å²) in [6, 6.07) is 5.36. The quantitative estimate of drug-likeness (QED) is 0.776. The van der Waals surface area contributed by atoms with E-state index >= 15 is 0 Å². The van der Waals surface area contributed by atoms with Crippen LogP contribution in [-0.4, -0.2) is 32.1 Å². The van der Waals surface area contributed by atoms with Crippen molar-refractivity contribution < 1.29 is 9.53 Å². The minimum Gasteiger partial charge on any atom is -0.375 e. The van der Waals surface area contributed by atoms with Crippen LogP contribution in [0, 0.1) is 0 Å². The molecule has 92 valence electrons. The number of hydrogen-bond donors (Lipinski definition) is 0. The highest BCUT2D eigenvalue weighted by Crippen LogP contribution is 2.25. The number of rotatable bonds is 3. The van der Waals surface area contributed by atoms with Crippen molar-refractivity contribution in [3.05, 3.63) is 28.8 Å². The van der Waals surface area contributed by atoms with Gasteiger partial charge in [-0.25, -0.2) is 0 Å². The molecule has 1 unspecified atom stereocenters. The third-order valence-electron chi connectivity index (χ3n) is 3.05. The minimum absolute atomic E-state index is 0.238. The number of nitrogens with zero attached hydrogens (tertiary/aromatic N) is 1. The molecule has 3 nitrogen and oxygen atoms in total. The molecule has 0 bridgehead atoms. The molecule has 1 heterocycles. The van der Waals surface area contributed by atoms with E-state index in [1.54, 1.807) is 12.1 Å². The molecule has 0 N–H and O–H groups in total. The van der Waals surface area contributed by atoms with E-state index < -0.39 is 0 Å². The second-order valence-electron chi connectivity index (χ2n) is 4.17. The fraction of sp³-hybridized carbons (Fsp3) is 0.462. The fourth-order valence-electron chi connectivity index (χ4n) is 2.08. The maximum atomic E-state index is 11.0. The molecule has 1 aromatic rings. The average Bonchev–Trinajstić information content (AvgIpc) is 2.39. The Kier molecular flexibility index (Phi) is 4.02. The molecule has 1 atom stereocenters. The van der Waals surface area contributed by atoms with Crippen LogP contribution in [0.3, 0.4) is 0 Å². The van der Waals surface area contributed by atoms with E-state index in [1.165, 1.54) is 0 Å². The van der Waals surface area contributed by atoms with Crippen LogP contribution in [-0.2, 0) is 4.74 Å². The topological polar surface area (TPSA) is 29.5 Å². The second kappa shape index (κ2) is 5.52. The molecule has 0 aromatic heterocycles. The summed E-state index contributed by atoms with van der Waals surface area (Å²) in [6.07, 6.45) is 2.09. The zero-order valence-corrected chi connectivity index (χ0v) is 10.6. The van der Waals surface area contributed by atoms with Gasteiger partial charge in [0, 0.05) is 29.4 Å². The van der Waals surface area contributed by atoms with Crippen LogP contribution in [0.1, 0.15) is 23.7 Å². The molecule has 0 radical (unpaired) electrons. The molecule has 17 heavy (non-hydrogen) atoms. The van der Waals surface area contributed by atoms with Crippen LogP contribution >= 0.6 is 11.6 Å². The Morgan fingerprint density at radius 3 is 3.12 bits per heavy atom. The van der Waals surface area contributed by atoms with Crippen molar-refractivity contribution >= 4 is 23.6 Å². The molecule has 0 amide bonds. The Morgan fingerprint density at radius 1 is 1.59 bits per heavy atom. The highest BCUT2D eigenvalue weighted by Gasteiger charge is 2.21. The molecule has 4 heteroatoms. The summed E-state index contributed by atoms with van der Waals surface area (Å²) >= 11 is 5.99. The summed E-state index contributed by atoms with van der Waals surface area (Å²) in [5.41, 5.74) is 1.60. The largest absolute Gasteiger partial charge is 0.375 e. The molecule has 0 aliphatic carbocycles. The normalized spacial score (nSPS) is 20.4. The Hall–Kier alpha value is -1.06. The number of ether oxygens (including phenoxy) is 1. The lowest BCUT2D eigenvalue weighted by Gasteiger charge is -2.34. The summed E-state index contributed by atoms with van der Waals surface area (Å²) in [5.74, 6) is 0. The lowest BCUT2D eigenvalue weighted by molar-refractivity contribution is 0.0384. The third kappa shape index (κ3) is 2.79. The first-order valence-electron chi connectivity index (χ1n) is 5.86. The van der Waals surface area contributed by atoms with Gasteiger partial charge in [-0.2, -0.15) is 0 Å². The number of anilines is 1. The molecule has 1 saturated heterocycles. The highest BCUT2D eigenvalue weighted by molar-refractivity contribution is 6.31. The van der Waals surface area contributed by atoms with Crippen molar-refractivity contribution in [2.45, 2.75) is 19.4 Å². The van der Waals surface area contributed by atoms with Gasteiger partial charge in [-0.1, -0.05) is 18.5 Å². The predicted octanol–water partition coefficient (Wildman–Crippen LogP) is 2.77. The molecule has 1 aliphatic rings. The van der Waals surface area contributed by atoms with Crippen LogP contribution in [0.5, 0.6) is 0 Å². The zero-order chi connectivity index (χ0) is 12.3. The van der Waals surface area contributed by atoms with Crippen LogP contribution in [0.2, 0.25) is 5.02 Å².